The molecule has 6 atom stereocenters. The van der Waals surface area contributed by atoms with Crippen molar-refractivity contribution in [3.05, 3.63) is 83.4 Å². The van der Waals surface area contributed by atoms with Gasteiger partial charge in [-0.25, -0.2) is 0 Å². The first-order valence-electron chi connectivity index (χ1n) is 14.1. The maximum absolute atomic E-state index is 14.7. The number of para-hydroxylation sites is 2. The average molecular weight is 592 g/mol. The lowest BCUT2D eigenvalue weighted by molar-refractivity contribution is -0.142. The van der Waals surface area contributed by atoms with Gasteiger partial charge >= 0.3 is 0 Å². The van der Waals surface area contributed by atoms with E-state index in [9.17, 15) is 19.5 Å². The number of rotatable bonds is 5. The topological polar surface area (TPSA) is 81.2 Å². The Bertz CT molecular complexity index is 1430. The number of aliphatic hydroxyl groups is 1. The van der Waals surface area contributed by atoms with Crippen molar-refractivity contribution < 1.29 is 19.5 Å². The lowest BCUT2D eigenvalue weighted by Crippen LogP contribution is -2.57. The van der Waals surface area contributed by atoms with Gasteiger partial charge in [-0.1, -0.05) is 80.1 Å². The van der Waals surface area contributed by atoms with E-state index in [-0.39, 0.29) is 42.0 Å². The number of hydrogen-bond acceptors (Lipinski definition) is 5. The van der Waals surface area contributed by atoms with Crippen LogP contribution in [-0.2, 0) is 14.4 Å². The molecule has 4 heterocycles. The zero-order valence-electron chi connectivity index (χ0n) is 23.3. The number of fused-ring (bicyclic) bond motifs is 2. The Kier molecular flexibility index (Phi) is 7.29. The van der Waals surface area contributed by atoms with Crippen LogP contribution in [0.1, 0.15) is 19.4 Å². The minimum absolute atomic E-state index is 0.110. The SMILES string of the molecule is Cc1cccc(Cl)c1N1CC=C[C@]23S[C@H]4C=CCN(c5ccccc5)C(=O)[C@H]4[C@H]2C(=O)N([C@@H](CO)C(C)C)C3C1=O. The van der Waals surface area contributed by atoms with Crippen LogP contribution in [0, 0.1) is 24.7 Å². The zero-order valence-corrected chi connectivity index (χ0v) is 24.9. The highest BCUT2D eigenvalue weighted by molar-refractivity contribution is 8.02. The number of anilines is 2. The average Bonchev–Trinajstić information content (AvgIpc) is 3.26. The normalized spacial score (nSPS) is 29.9. The van der Waals surface area contributed by atoms with E-state index in [0.717, 1.165) is 11.3 Å². The summed E-state index contributed by atoms with van der Waals surface area (Å²) in [6.45, 7) is 6.21. The summed E-state index contributed by atoms with van der Waals surface area (Å²) in [7, 11) is 0. The predicted octanol–water partition coefficient (Wildman–Crippen LogP) is 4.47. The molecule has 0 saturated carbocycles. The van der Waals surface area contributed by atoms with Gasteiger partial charge in [-0.15, -0.1) is 11.8 Å². The summed E-state index contributed by atoms with van der Waals surface area (Å²) in [5.74, 6) is -2.15. The second-order valence-corrected chi connectivity index (χ2v) is 13.4. The van der Waals surface area contributed by atoms with Gasteiger partial charge in [-0.3, -0.25) is 14.4 Å². The van der Waals surface area contributed by atoms with Crippen LogP contribution < -0.4 is 9.80 Å². The summed E-state index contributed by atoms with van der Waals surface area (Å²) in [6, 6.07) is 13.5. The molecule has 4 aliphatic heterocycles. The van der Waals surface area contributed by atoms with Crippen LogP contribution in [0.5, 0.6) is 0 Å². The van der Waals surface area contributed by atoms with E-state index >= 15 is 0 Å². The molecule has 2 aromatic carbocycles. The second kappa shape index (κ2) is 10.6. The molecule has 0 aromatic heterocycles. The fourth-order valence-electron chi connectivity index (χ4n) is 7.06. The highest BCUT2D eigenvalue weighted by Gasteiger charge is 2.72. The van der Waals surface area contributed by atoms with Gasteiger partial charge in [0.05, 0.1) is 39.9 Å². The molecule has 9 heteroatoms. The van der Waals surface area contributed by atoms with Gasteiger partial charge in [-0.2, -0.15) is 0 Å². The molecule has 2 aromatic rings. The summed E-state index contributed by atoms with van der Waals surface area (Å²) in [5.41, 5.74) is 2.24. The summed E-state index contributed by atoms with van der Waals surface area (Å²) in [6.07, 6.45) is 7.95. The third kappa shape index (κ3) is 4.25. The lowest BCUT2D eigenvalue weighted by atomic mass is 9.78. The van der Waals surface area contributed by atoms with Crippen molar-refractivity contribution in [1.82, 2.24) is 4.90 Å². The summed E-state index contributed by atoms with van der Waals surface area (Å²) in [4.78, 5) is 48.7. The number of aryl methyl sites for hydroxylation is 1. The fraction of sp³-hybridized carbons (Fsp3) is 0.406. The van der Waals surface area contributed by atoms with E-state index in [1.54, 1.807) is 20.8 Å². The van der Waals surface area contributed by atoms with E-state index < -0.39 is 28.7 Å². The molecule has 2 saturated heterocycles. The van der Waals surface area contributed by atoms with Crippen LogP contribution in [-0.4, -0.2) is 69.5 Å². The highest BCUT2D eigenvalue weighted by atomic mass is 35.5. The summed E-state index contributed by atoms with van der Waals surface area (Å²) >= 11 is 8.18. The van der Waals surface area contributed by atoms with E-state index in [1.165, 1.54) is 11.8 Å². The fourth-order valence-corrected chi connectivity index (χ4v) is 9.38. The van der Waals surface area contributed by atoms with Gasteiger partial charge < -0.3 is 19.8 Å². The molecule has 2 fully saturated rings. The molecule has 4 aliphatic rings. The molecule has 0 bridgehead atoms. The zero-order chi connectivity index (χ0) is 29.1. The third-order valence-electron chi connectivity index (χ3n) is 8.94. The molecule has 0 radical (unpaired) electrons. The Morgan fingerprint density at radius 2 is 1.71 bits per heavy atom. The molecule has 214 valence electrons. The molecule has 1 N–H and O–H groups in total. The molecule has 6 rings (SSSR count). The van der Waals surface area contributed by atoms with Crippen molar-refractivity contribution in [2.45, 2.75) is 42.9 Å². The number of thioether (sulfide) groups is 1. The van der Waals surface area contributed by atoms with Crippen LogP contribution in [0.2, 0.25) is 5.02 Å². The highest BCUT2D eigenvalue weighted by Crippen LogP contribution is 2.62. The van der Waals surface area contributed by atoms with Crippen molar-refractivity contribution in [1.29, 1.82) is 0 Å². The minimum atomic E-state index is -0.977. The monoisotopic (exact) mass is 591 g/mol. The van der Waals surface area contributed by atoms with Crippen LogP contribution in [0.3, 0.4) is 0 Å². The Hall–Kier alpha value is -3.07. The Balaban J connectivity index is 1.50. The summed E-state index contributed by atoms with van der Waals surface area (Å²) < 4.78 is -0.977. The van der Waals surface area contributed by atoms with Crippen molar-refractivity contribution in [2.24, 2.45) is 17.8 Å². The van der Waals surface area contributed by atoms with Crippen LogP contribution in [0.15, 0.2) is 72.8 Å². The first-order chi connectivity index (χ1) is 19.7. The molecule has 41 heavy (non-hydrogen) atoms. The van der Waals surface area contributed by atoms with Gasteiger partial charge in [-0.05, 0) is 36.6 Å². The van der Waals surface area contributed by atoms with E-state index in [4.69, 9.17) is 11.6 Å². The predicted molar refractivity (Wildman–Crippen MR) is 163 cm³/mol. The van der Waals surface area contributed by atoms with Gasteiger partial charge in [0.15, 0.2) is 0 Å². The van der Waals surface area contributed by atoms with E-state index in [2.05, 4.69) is 0 Å². The molecule has 7 nitrogen and oxygen atoms in total. The standard InChI is InChI=1S/C32H34ClN3O4S/c1-19(2)23(18-37)36-28-31(40)35(27-20(3)10-7-13-22(27)33)17-9-15-32(28)26(30(36)39)25-24(41-32)14-8-16-34(29(25)38)21-11-5-4-6-12-21/h4-15,19,23-26,28,37H,16-18H2,1-3H3/t23-,24-,25+,26-,28?,32-/m0/s1. The van der Waals surface area contributed by atoms with Gasteiger partial charge in [0.25, 0.3) is 5.91 Å². The van der Waals surface area contributed by atoms with Crippen molar-refractivity contribution in [3.63, 3.8) is 0 Å². The first-order valence-corrected chi connectivity index (χ1v) is 15.3. The number of aliphatic hydroxyl groups excluding tert-OH is 1. The van der Waals surface area contributed by atoms with Gasteiger partial charge in [0.2, 0.25) is 11.8 Å². The number of benzene rings is 2. The van der Waals surface area contributed by atoms with Crippen LogP contribution >= 0.6 is 23.4 Å². The smallest absolute Gasteiger partial charge is 0.251 e. The van der Waals surface area contributed by atoms with Gasteiger partial charge in [0.1, 0.15) is 6.04 Å². The molecular weight excluding hydrogens is 558 g/mol. The van der Waals surface area contributed by atoms with Crippen molar-refractivity contribution >= 4 is 52.5 Å². The molecule has 1 spiro atoms. The van der Waals surface area contributed by atoms with Crippen LogP contribution in [0.4, 0.5) is 11.4 Å². The molecule has 0 aliphatic carbocycles. The maximum Gasteiger partial charge on any atom is 0.251 e. The molecular formula is C32H34ClN3O4S. The lowest BCUT2D eigenvalue weighted by Gasteiger charge is -2.40. The minimum Gasteiger partial charge on any atom is -0.394 e. The molecule has 1 unspecified atom stereocenters. The van der Waals surface area contributed by atoms with E-state index in [0.29, 0.717) is 17.3 Å². The first kappa shape index (κ1) is 28.1. The number of likely N-dealkylation sites (tertiary alicyclic amines) is 1. The van der Waals surface area contributed by atoms with Gasteiger partial charge in [0, 0.05) is 24.0 Å². The number of hydrogen-bond donors (Lipinski definition) is 1. The number of carbonyl (C=O) groups excluding carboxylic acids is 3. The number of halogens is 1. The maximum atomic E-state index is 14.7. The number of carbonyl (C=O) groups is 3. The molecule has 3 amide bonds. The van der Waals surface area contributed by atoms with Crippen LogP contribution in [0.25, 0.3) is 0 Å². The third-order valence-corrected chi connectivity index (χ3v) is 11.0. The number of nitrogens with zero attached hydrogens (tertiary/aromatic N) is 3. The van der Waals surface area contributed by atoms with Crippen molar-refractivity contribution in [2.75, 3.05) is 29.5 Å². The number of amides is 3. The largest absolute Gasteiger partial charge is 0.394 e. The Morgan fingerprint density at radius 3 is 2.39 bits per heavy atom. The second-order valence-electron chi connectivity index (χ2n) is 11.6. The Morgan fingerprint density at radius 1 is 0.976 bits per heavy atom. The Labute approximate surface area is 249 Å². The summed E-state index contributed by atoms with van der Waals surface area (Å²) in [5, 5.41) is 10.7. The van der Waals surface area contributed by atoms with Crippen molar-refractivity contribution in [3.8, 4) is 0 Å². The quantitative estimate of drug-likeness (QED) is 0.519. The van der Waals surface area contributed by atoms with E-state index in [1.807, 2.05) is 87.5 Å².